The van der Waals surface area contributed by atoms with E-state index in [9.17, 15) is 10.5 Å². The van der Waals surface area contributed by atoms with Gasteiger partial charge in [-0.25, -0.2) is 0 Å². The van der Waals surface area contributed by atoms with Crippen LogP contribution < -0.4 is 0 Å². The van der Waals surface area contributed by atoms with Gasteiger partial charge in [-0.3, -0.25) is 0 Å². The van der Waals surface area contributed by atoms with E-state index in [1.165, 1.54) is 5.39 Å². The second kappa shape index (κ2) is 11.2. The summed E-state index contributed by atoms with van der Waals surface area (Å²) in [4.78, 5) is 0. The van der Waals surface area contributed by atoms with Gasteiger partial charge in [-0.15, -0.1) is 0 Å². The Bertz CT molecular complexity index is 3730. The lowest BCUT2D eigenvalue weighted by Crippen LogP contribution is -1.95. The molecule has 56 heavy (non-hydrogen) atoms. The maximum absolute atomic E-state index is 9.99. The van der Waals surface area contributed by atoms with Crippen molar-refractivity contribution in [3.05, 3.63) is 175 Å². The molecule has 0 bridgehead atoms. The minimum atomic E-state index is 0.623. The summed E-state index contributed by atoms with van der Waals surface area (Å²) in [6, 6.07) is 61.4. The lowest BCUT2D eigenvalue weighted by atomic mass is 10.1. The Morgan fingerprint density at radius 1 is 0.321 bits per heavy atom. The highest BCUT2D eigenvalue weighted by molar-refractivity contribution is 6.19. The third-order valence-electron chi connectivity index (χ3n) is 11.5. The van der Waals surface area contributed by atoms with Gasteiger partial charge in [0.05, 0.1) is 56.4 Å². The molecule has 0 aliphatic rings. The second-order valence-electron chi connectivity index (χ2n) is 14.4. The first kappa shape index (κ1) is 30.4. The van der Waals surface area contributed by atoms with Crippen LogP contribution in [0.4, 0.5) is 0 Å². The molecule has 12 aromatic rings. The molecule has 0 radical (unpaired) electrons. The quantitative estimate of drug-likeness (QED) is 0.183. The Labute approximate surface area is 319 Å². The minimum Gasteiger partial charge on any atom is -0.456 e. The molecule has 6 nitrogen and oxygen atoms in total. The summed E-state index contributed by atoms with van der Waals surface area (Å²) in [5.74, 6) is 0. The molecule has 0 saturated heterocycles. The Morgan fingerprint density at radius 3 is 1.30 bits per heavy atom. The van der Waals surface area contributed by atoms with Gasteiger partial charge in [0, 0.05) is 60.2 Å². The molecular weight excluding hydrogens is 687 g/mol. The van der Waals surface area contributed by atoms with E-state index in [2.05, 4.69) is 147 Å². The van der Waals surface area contributed by atoms with Gasteiger partial charge in [0.15, 0.2) is 0 Å². The van der Waals surface area contributed by atoms with Crippen molar-refractivity contribution in [3.8, 4) is 29.2 Å². The van der Waals surface area contributed by atoms with Crippen LogP contribution in [-0.2, 0) is 0 Å². The highest BCUT2D eigenvalue weighted by Gasteiger charge is 2.20. The normalized spacial score (nSPS) is 11.9. The molecule has 0 atom stereocenters. The van der Waals surface area contributed by atoms with Crippen molar-refractivity contribution in [2.24, 2.45) is 0 Å². The van der Waals surface area contributed by atoms with E-state index in [4.69, 9.17) is 4.42 Å². The molecule has 0 unspecified atom stereocenters. The molecule has 0 fully saturated rings. The summed E-state index contributed by atoms with van der Waals surface area (Å²) >= 11 is 0. The number of benzene rings is 8. The molecule has 0 aliphatic heterocycles. The highest BCUT2D eigenvalue weighted by atomic mass is 16.3. The first-order valence-corrected chi connectivity index (χ1v) is 18.5. The van der Waals surface area contributed by atoms with Crippen LogP contribution in [-0.4, -0.2) is 13.7 Å². The number of furan rings is 1. The van der Waals surface area contributed by atoms with Crippen LogP contribution in [0.25, 0.3) is 104 Å². The summed E-state index contributed by atoms with van der Waals surface area (Å²) < 4.78 is 13.4. The van der Waals surface area contributed by atoms with E-state index >= 15 is 0 Å². The summed E-state index contributed by atoms with van der Waals surface area (Å²) in [6.07, 6.45) is 0. The lowest BCUT2D eigenvalue weighted by Gasteiger charge is -2.10. The zero-order valence-electron chi connectivity index (χ0n) is 29.7. The topological polar surface area (TPSA) is 75.5 Å². The van der Waals surface area contributed by atoms with E-state index in [0.717, 1.165) is 99.0 Å². The molecule has 258 valence electrons. The number of para-hydroxylation sites is 3. The maximum atomic E-state index is 9.99. The molecule has 6 heteroatoms. The van der Waals surface area contributed by atoms with Gasteiger partial charge in [-0.05, 0) is 109 Å². The maximum Gasteiger partial charge on any atom is 0.135 e. The van der Waals surface area contributed by atoms with Crippen LogP contribution in [0, 0.1) is 22.7 Å². The molecule has 12 rings (SSSR count). The Kier molecular flexibility index (Phi) is 6.10. The van der Waals surface area contributed by atoms with Crippen molar-refractivity contribution >= 4 is 87.4 Å². The summed E-state index contributed by atoms with van der Waals surface area (Å²) in [7, 11) is 0. The van der Waals surface area contributed by atoms with Crippen LogP contribution in [0.15, 0.2) is 168 Å². The SMILES string of the molecule is N#Cc1ccc2c(c1)c1ccccc1n2-c1ccc2oc3ccc(-n4c5ccc(C#N)cc5c5cc6c(cc54)c4ccccc4n6-c4ccccc4)cc3c2c1. The number of aromatic nitrogens is 3. The van der Waals surface area contributed by atoms with Crippen molar-refractivity contribution in [3.63, 3.8) is 0 Å². The molecule has 0 N–H and O–H groups in total. The monoisotopic (exact) mass is 713 g/mol. The van der Waals surface area contributed by atoms with Gasteiger partial charge >= 0.3 is 0 Å². The van der Waals surface area contributed by atoms with Gasteiger partial charge < -0.3 is 18.1 Å². The van der Waals surface area contributed by atoms with E-state index in [1.807, 2.05) is 42.5 Å². The fourth-order valence-corrected chi connectivity index (χ4v) is 9.04. The highest BCUT2D eigenvalue weighted by Crippen LogP contribution is 2.42. The Balaban J connectivity index is 1.12. The minimum absolute atomic E-state index is 0.623. The van der Waals surface area contributed by atoms with Crippen LogP contribution in [0.1, 0.15) is 11.1 Å². The summed E-state index contributed by atoms with van der Waals surface area (Å²) in [5, 5.41) is 28.3. The molecule has 0 saturated carbocycles. The predicted octanol–water partition coefficient (Wildman–Crippen LogP) is 12.6. The molecule has 4 heterocycles. The zero-order chi connectivity index (χ0) is 37.1. The van der Waals surface area contributed by atoms with Crippen molar-refractivity contribution < 1.29 is 4.42 Å². The predicted molar refractivity (Wildman–Crippen MR) is 226 cm³/mol. The smallest absolute Gasteiger partial charge is 0.135 e. The average molecular weight is 714 g/mol. The number of hydrogen-bond donors (Lipinski definition) is 0. The molecule has 0 spiro atoms. The van der Waals surface area contributed by atoms with Crippen molar-refractivity contribution in [2.75, 3.05) is 0 Å². The molecule has 0 aliphatic carbocycles. The van der Waals surface area contributed by atoms with E-state index < -0.39 is 0 Å². The summed E-state index contributed by atoms with van der Waals surface area (Å²) in [6.45, 7) is 0. The van der Waals surface area contributed by atoms with Crippen LogP contribution in [0.5, 0.6) is 0 Å². The van der Waals surface area contributed by atoms with Gasteiger partial charge in [0.1, 0.15) is 11.2 Å². The van der Waals surface area contributed by atoms with Crippen LogP contribution in [0.2, 0.25) is 0 Å². The number of nitrogens with zero attached hydrogens (tertiary/aromatic N) is 5. The molecule has 0 amide bonds. The first-order chi connectivity index (χ1) is 27.7. The van der Waals surface area contributed by atoms with E-state index in [1.54, 1.807) is 0 Å². The number of fused-ring (bicyclic) bond motifs is 12. The zero-order valence-corrected chi connectivity index (χ0v) is 29.7. The fourth-order valence-electron chi connectivity index (χ4n) is 9.04. The van der Waals surface area contributed by atoms with E-state index in [-0.39, 0.29) is 0 Å². The van der Waals surface area contributed by atoms with E-state index in [0.29, 0.717) is 11.1 Å². The van der Waals surface area contributed by atoms with Crippen LogP contribution in [0.3, 0.4) is 0 Å². The van der Waals surface area contributed by atoms with Crippen molar-refractivity contribution in [1.29, 1.82) is 10.5 Å². The van der Waals surface area contributed by atoms with Crippen LogP contribution >= 0.6 is 0 Å². The summed E-state index contributed by atoms with van der Waals surface area (Å²) in [5.41, 5.74) is 12.5. The van der Waals surface area contributed by atoms with Crippen molar-refractivity contribution in [1.82, 2.24) is 13.7 Å². The third kappa shape index (κ3) is 4.13. The number of hydrogen-bond acceptors (Lipinski definition) is 3. The lowest BCUT2D eigenvalue weighted by molar-refractivity contribution is 0.669. The largest absolute Gasteiger partial charge is 0.456 e. The van der Waals surface area contributed by atoms with Gasteiger partial charge in [-0.1, -0.05) is 54.6 Å². The van der Waals surface area contributed by atoms with Gasteiger partial charge in [0.2, 0.25) is 0 Å². The Morgan fingerprint density at radius 2 is 0.750 bits per heavy atom. The average Bonchev–Trinajstić information content (AvgIpc) is 3.98. The van der Waals surface area contributed by atoms with Gasteiger partial charge in [0.25, 0.3) is 0 Å². The number of rotatable bonds is 3. The second-order valence-corrected chi connectivity index (χ2v) is 14.4. The van der Waals surface area contributed by atoms with Crippen molar-refractivity contribution in [2.45, 2.75) is 0 Å². The first-order valence-electron chi connectivity index (χ1n) is 18.5. The molecular formula is C50H27N5O. The number of nitriles is 2. The molecule has 4 aromatic heterocycles. The standard InChI is InChI=1S/C50H27N5O/c51-28-30-14-18-45-37(22-30)35-10-4-7-13-44(35)54(45)33-16-20-49-41(24-33)42-25-34(17-21-50(42)56-49)55-46-19-15-31(29-52)23-38(46)40-27-47-39(26-48(40)55)36-11-5-6-12-43(36)53(47)32-8-2-1-3-9-32/h1-27H. The fraction of sp³-hybridized carbons (Fsp3) is 0. The molecule has 8 aromatic carbocycles. The third-order valence-corrected chi connectivity index (χ3v) is 11.5. The Hall–Kier alpha value is -8.06. The van der Waals surface area contributed by atoms with Gasteiger partial charge in [-0.2, -0.15) is 10.5 Å².